The van der Waals surface area contributed by atoms with Crippen LogP contribution < -0.4 is 11.5 Å². The third-order valence-corrected chi connectivity index (χ3v) is 2.11. The molecule has 0 aliphatic carbocycles. The summed E-state index contributed by atoms with van der Waals surface area (Å²) in [5, 5.41) is 9.28. The van der Waals surface area contributed by atoms with E-state index in [1.54, 1.807) is 13.0 Å². The number of anilines is 1. The summed E-state index contributed by atoms with van der Waals surface area (Å²) in [5.74, 6) is 0. The van der Waals surface area contributed by atoms with Crippen molar-refractivity contribution in [3.8, 4) is 0 Å². The molecule has 1 rings (SSSR count). The Morgan fingerprint density at radius 1 is 1.69 bits per heavy atom. The molecule has 1 heterocycles. The van der Waals surface area contributed by atoms with Gasteiger partial charge < -0.3 is 16.6 Å². The average molecular weight is 202 g/mol. The molecule has 0 aromatic carbocycles. The molecular weight excluding hydrogens is 190 g/mol. The molecule has 5 N–H and O–H groups in total. The zero-order valence-electron chi connectivity index (χ0n) is 7.29. The van der Waals surface area contributed by atoms with Crippen LogP contribution in [-0.4, -0.2) is 16.7 Å². The van der Waals surface area contributed by atoms with Gasteiger partial charge in [-0.15, -0.1) is 0 Å². The maximum Gasteiger partial charge on any atom is 0.134 e. The van der Waals surface area contributed by atoms with Crippen molar-refractivity contribution in [1.29, 1.82) is 0 Å². The Labute approximate surface area is 81.5 Å². The summed E-state index contributed by atoms with van der Waals surface area (Å²) in [7, 11) is 0. The molecule has 0 aliphatic rings. The monoisotopic (exact) mass is 201 g/mol. The summed E-state index contributed by atoms with van der Waals surface area (Å²) in [6.07, 6.45) is 1.44. The van der Waals surface area contributed by atoms with Gasteiger partial charge in [0.05, 0.1) is 24.0 Å². The maximum absolute atomic E-state index is 9.01. The Kier molecular flexibility index (Phi) is 2.75. The van der Waals surface area contributed by atoms with Crippen molar-refractivity contribution in [2.45, 2.75) is 12.5 Å². The van der Waals surface area contributed by atoms with E-state index >= 15 is 0 Å². The standard InChI is InChI=1S/C8H12ClN3O/c1-8(11,4-13)6-2-5(10)3-12-7(6)9/h2-3,13H,4,10-11H2,1H3. The zero-order chi connectivity index (χ0) is 10.1. The van der Waals surface area contributed by atoms with Crippen LogP contribution in [0, 0.1) is 0 Å². The third kappa shape index (κ3) is 2.09. The second kappa shape index (κ2) is 3.49. The SMILES string of the molecule is CC(N)(CO)c1cc(N)cnc1Cl. The van der Waals surface area contributed by atoms with Crippen molar-refractivity contribution in [3.63, 3.8) is 0 Å². The van der Waals surface area contributed by atoms with Crippen LogP contribution in [0.5, 0.6) is 0 Å². The molecule has 13 heavy (non-hydrogen) atoms. The lowest BCUT2D eigenvalue weighted by Gasteiger charge is -2.22. The molecule has 0 bridgehead atoms. The van der Waals surface area contributed by atoms with Gasteiger partial charge in [-0.2, -0.15) is 0 Å². The molecule has 0 saturated heterocycles. The van der Waals surface area contributed by atoms with Gasteiger partial charge >= 0.3 is 0 Å². The van der Waals surface area contributed by atoms with Crippen molar-refractivity contribution in [2.75, 3.05) is 12.3 Å². The number of rotatable bonds is 2. The van der Waals surface area contributed by atoms with E-state index in [2.05, 4.69) is 4.98 Å². The molecule has 0 fully saturated rings. The fraction of sp³-hybridized carbons (Fsp3) is 0.375. The molecule has 0 saturated carbocycles. The molecule has 1 unspecified atom stereocenters. The molecule has 4 nitrogen and oxygen atoms in total. The van der Waals surface area contributed by atoms with Crippen LogP contribution in [-0.2, 0) is 5.54 Å². The summed E-state index contributed by atoms with van der Waals surface area (Å²) >= 11 is 5.80. The van der Waals surface area contributed by atoms with Crippen LogP contribution in [0.1, 0.15) is 12.5 Å². The van der Waals surface area contributed by atoms with E-state index in [0.717, 1.165) is 0 Å². The van der Waals surface area contributed by atoms with Gasteiger partial charge in [0.25, 0.3) is 0 Å². The highest BCUT2D eigenvalue weighted by atomic mass is 35.5. The van der Waals surface area contributed by atoms with Gasteiger partial charge in [-0.25, -0.2) is 4.98 Å². The number of nitrogen functional groups attached to an aromatic ring is 1. The zero-order valence-corrected chi connectivity index (χ0v) is 8.04. The van der Waals surface area contributed by atoms with E-state index in [1.165, 1.54) is 6.20 Å². The van der Waals surface area contributed by atoms with Gasteiger partial charge in [-0.05, 0) is 13.0 Å². The Balaban J connectivity index is 3.20. The number of hydrogen-bond donors (Lipinski definition) is 3. The Morgan fingerprint density at radius 3 is 2.85 bits per heavy atom. The maximum atomic E-state index is 9.01. The summed E-state index contributed by atoms with van der Waals surface area (Å²) in [5.41, 5.74) is 11.4. The molecular formula is C8H12ClN3O. The first-order chi connectivity index (χ1) is 5.97. The van der Waals surface area contributed by atoms with Crippen molar-refractivity contribution in [2.24, 2.45) is 5.73 Å². The second-order valence-corrected chi connectivity index (χ2v) is 3.54. The number of pyridine rings is 1. The quantitative estimate of drug-likeness (QED) is 0.608. The number of aliphatic hydroxyl groups is 1. The molecule has 0 radical (unpaired) electrons. The molecule has 5 heteroatoms. The molecule has 1 aromatic rings. The van der Waals surface area contributed by atoms with E-state index in [1.807, 2.05) is 0 Å². The van der Waals surface area contributed by atoms with Crippen molar-refractivity contribution in [1.82, 2.24) is 4.98 Å². The molecule has 0 spiro atoms. The molecule has 1 atom stereocenters. The number of halogens is 1. The van der Waals surface area contributed by atoms with Gasteiger partial charge in [0.1, 0.15) is 5.15 Å². The highest BCUT2D eigenvalue weighted by molar-refractivity contribution is 6.30. The van der Waals surface area contributed by atoms with Gasteiger partial charge in [0.2, 0.25) is 0 Å². The minimum atomic E-state index is -0.903. The Bertz CT molecular complexity index is 314. The molecule has 0 amide bonds. The van der Waals surface area contributed by atoms with Crippen molar-refractivity contribution >= 4 is 17.3 Å². The summed E-state index contributed by atoms with van der Waals surface area (Å²) in [6, 6.07) is 1.62. The van der Waals surface area contributed by atoms with Crippen LogP contribution in [0.4, 0.5) is 5.69 Å². The van der Waals surface area contributed by atoms with E-state index in [4.69, 9.17) is 28.2 Å². The van der Waals surface area contributed by atoms with Crippen LogP contribution >= 0.6 is 11.6 Å². The first-order valence-electron chi connectivity index (χ1n) is 3.78. The minimum absolute atomic E-state index is 0.210. The number of aliphatic hydroxyl groups excluding tert-OH is 1. The van der Waals surface area contributed by atoms with Gasteiger partial charge in [-0.1, -0.05) is 11.6 Å². The molecule has 1 aromatic heterocycles. The minimum Gasteiger partial charge on any atom is -0.397 e. The normalized spacial score (nSPS) is 15.4. The highest BCUT2D eigenvalue weighted by Gasteiger charge is 2.23. The van der Waals surface area contributed by atoms with Crippen LogP contribution in [0.25, 0.3) is 0 Å². The lowest BCUT2D eigenvalue weighted by atomic mass is 9.96. The first-order valence-corrected chi connectivity index (χ1v) is 4.16. The summed E-state index contributed by atoms with van der Waals surface area (Å²) < 4.78 is 0. The average Bonchev–Trinajstić information content (AvgIpc) is 2.09. The van der Waals surface area contributed by atoms with E-state index in [-0.39, 0.29) is 11.8 Å². The molecule has 72 valence electrons. The van der Waals surface area contributed by atoms with E-state index in [0.29, 0.717) is 11.3 Å². The largest absolute Gasteiger partial charge is 0.397 e. The second-order valence-electron chi connectivity index (χ2n) is 3.18. The van der Waals surface area contributed by atoms with E-state index < -0.39 is 5.54 Å². The third-order valence-electron chi connectivity index (χ3n) is 1.80. The van der Waals surface area contributed by atoms with Crippen LogP contribution in [0.15, 0.2) is 12.3 Å². The predicted octanol–water partition coefficient (Wildman–Crippen LogP) is 0.483. The van der Waals surface area contributed by atoms with Crippen LogP contribution in [0.2, 0.25) is 5.15 Å². The fourth-order valence-corrected chi connectivity index (χ4v) is 1.27. The fourth-order valence-electron chi connectivity index (χ4n) is 0.950. The molecule has 0 aliphatic heterocycles. The van der Waals surface area contributed by atoms with E-state index in [9.17, 15) is 0 Å². The first kappa shape index (κ1) is 10.2. The Morgan fingerprint density at radius 2 is 2.31 bits per heavy atom. The van der Waals surface area contributed by atoms with Gasteiger partial charge in [0.15, 0.2) is 0 Å². The number of nitrogens with two attached hydrogens (primary N) is 2. The lowest BCUT2D eigenvalue weighted by Crippen LogP contribution is -2.37. The number of hydrogen-bond acceptors (Lipinski definition) is 4. The summed E-state index contributed by atoms with van der Waals surface area (Å²) in [4.78, 5) is 3.84. The van der Waals surface area contributed by atoms with Crippen molar-refractivity contribution < 1.29 is 5.11 Å². The highest BCUT2D eigenvalue weighted by Crippen LogP contribution is 2.25. The Hall–Kier alpha value is -0.840. The predicted molar refractivity (Wildman–Crippen MR) is 52.3 cm³/mol. The number of aromatic nitrogens is 1. The number of nitrogens with zero attached hydrogens (tertiary/aromatic N) is 1. The lowest BCUT2D eigenvalue weighted by molar-refractivity contribution is 0.210. The topological polar surface area (TPSA) is 85.2 Å². The van der Waals surface area contributed by atoms with Gasteiger partial charge in [-0.3, -0.25) is 0 Å². The smallest absolute Gasteiger partial charge is 0.134 e. The summed E-state index contributed by atoms with van der Waals surface area (Å²) in [6.45, 7) is 1.45. The van der Waals surface area contributed by atoms with Crippen molar-refractivity contribution in [3.05, 3.63) is 23.0 Å². The van der Waals surface area contributed by atoms with Crippen LogP contribution in [0.3, 0.4) is 0 Å². The van der Waals surface area contributed by atoms with Gasteiger partial charge in [0, 0.05) is 5.56 Å².